The lowest BCUT2D eigenvalue weighted by Crippen LogP contribution is -2.26. The number of aryl methyl sites for hydroxylation is 1. The van der Waals surface area contributed by atoms with Gasteiger partial charge in [0.1, 0.15) is 5.82 Å². The Hall–Kier alpha value is -4.02. The van der Waals surface area contributed by atoms with Crippen LogP contribution in [0.4, 0.5) is 11.5 Å². The number of hydrogen-bond donors (Lipinski definition) is 1. The zero-order valence-electron chi connectivity index (χ0n) is 18.9. The average Bonchev–Trinajstić information content (AvgIpc) is 3.47. The van der Waals surface area contributed by atoms with Crippen molar-refractivity contribution >= 4 is 49.0 Å². The number of benzene rings is 3. The monoisotopic (exact) mass is 503 g/mol. The molecule has 3 aromatic carbocycles. The van der Waals surface area contributed by atoms with Gasteiger partial charge in [-0.05, 0) is 55.5 Å². The van der Waals surface area contributed by atoms with E-state index in [1.165, 1.54) is 47.0 Å². The Labute approximate surface area is 206 Å². The standard InChI is InChI=1S/C25H21N5O3S2/c1-17-16-23(30(28-17)25-26-21-10-6-7-11-22(21)34-25)27-24(31)18-12-14-20(15-13-18)35(32,33)29(2)19-8-4-3-5-9-19/h3-16H,1-2H3,(H,27,31). The molecular weight excluding hydrogens is 482 g/mol. The van der Waals surface area contributed by atoms with Crippen molar-refractivity contribution in [3.63, 3.8) is 0 Å². The fourth-order valence-corrected chi connectivity index (χ4v) is 5.71. The van der Waals surface area contributed by atoms with Gasteiger partial charge in [0.25, 0.3) is 15.9 Å². The molecule has 0 aliphatic carbocycles. The van der Waals surface area contributed by atoms with Crippen LogP contribution in [0.25, 0.3) is 15.3 Å². The molecule has 0 aliphatic heterocycles. The van der Waals surface area contributed by atoms with Crippen molar-refractivity contribution in [2.45, 2.75) is 11.8 Å². The summed E-state index contributed by atoms with van der Waals surface area (Å²) >= 11 is 1.47. The summed E-state index contributed by atoms with van der Waals surface area (Å²) in [4.78, 5) is 17.7. The number of hydrogen-bond acceptors (Lipinski definition) is 6. The first-order valence-electron chi connectivity index (χ1n) is 10.7. The highest BCUT2D eigenvalue weighted by molar-refractivity contribution is 7.92. The maximum Gasteiger partial charge on any atom is 0.264 e. The molecule has 10 heteroatoms. The number of aromatic nitrogens is 3. The van der Waals surface area contributed by atoms with Crippen molar-refractivity contribution in [3.05, 3.63) is 96.2 Å². The molecule has 35 heavy (non-hydrogen) atoms. The highest BCUT2D eigenvalue weighted by atomic mass is 32.2. The maximum atomic E-state index is 13.0. The molecule has 5 aromatic rings. The van der Waals surface area contributed by atoms with Gasteiger partial charge in [0.05, 0.1) is 26.5 Å². The minimum Gasteiger partial charge on any atom is -0.306 e. The van der Waals surface area contributed by atoms with E-state index < -0.39 is 10.0 Å². The molecule has 0 atom stereocenters. The van der Waals surface area contributed by atoms with Crippen LogP contribution in [-0.2, 0) is 10.0 Å². The van der Waals surface area contributed by atoms with Crippen LogP contribution in [0.1, 0.15) is 16.1 Å². The topological polar surface area (TPSA) is 97.2 Å². The van der Waals surface area contributed by atoms with Gasteiger partial charge in [-0.2, -0.15) is 9.78 Å². The Bertz CT molecular complexity index is 1590. The molecule has 0 bridgehead atoms. The summed E-state index contributed by atoms with van der Waals surface area (Å²) in [5.74, 6) is 0.0969. The first kappa shape index (κ1) is 22.8. The van der Waals surface area contributed by atoms with Gasteiger partial charge < -0.3 is 5.32 Å². The summed E-state index contributed by atoms with van der Waals surface area (Å²) in [6.45, 7) is 1.84. The maximum absolute atomic E-state index is 13.0. The van der Waals surface area contributed by atoms with E-state index in [9.17, 15) is 13.2 Å². The minimum absolute atomic E-state index is 0.0933. The summed E-state index contributed by atoms with van der Waals surface area (Å²) in [6, 6.07) is 24.2. The Morgan fingerprint density at radius 3 is 2.37 bits per heavy atom. The van der Waals surface area contributed by atoms with E-state index in [2.05, 4.69) is 15.4 Å². The summed E-state index contributed by atoms with van der Waals surface area (Å²) in [6.07, 6.45) is 0. The Kier molecular flexibility index (Phi) is 5.83. The lowest BCUT2D eigenvalue weighted by atomic mass is 10.2. The van der Waals surface area contributed by atoms with E-state index in [1.54, 1.807) is 35.0 Å². The van der Waals surface area contributed by atoms with Crippen LogP contribution in [0, 0.1) is 6.92 Å². The van der Waals surface area contributed by atoms with Gasteiger partial charge in [0.2, 0.25) is 5.13 Å². The normalized spacial score (nSPS) is 11.5. The first-order valence-corrected chi connectivity index (χ1v) is 13.0. The van der Waals surface area contributed by atoms with Crippen molar-refractivity contribution in [2.75, 3.05) is 16.7 Å². The van der Waals surface area contributed by atoms with Crippen LogP contribution in [0.2, 0.25) is 0 Å². The van der Waals surface area contributed by atoms with Crippen LogP contribution in [0.15, 0.2) is 89.8 Å². The van der Waals surface area contributed by atoms with Crippen LogP contribution < -0.4 is 9.62 Å². The average molecular weight is 504 g/mol. The lowest BCUT2D eigenvalue weighted by Gasteiger charge is -2.19. The van der Waals surface area contributed by atoms with E-state index >= 15 is 0 Å². The molecule has 0 saturated heterocycles. The van der Waals surface area contributed by atoms with Gasteiger partial charge in [-0.1, -0.05) is 41.7 Å². The third kappa shape index (κ3) is 4.41. The number of anilines is 2. The fraction of sp³-hybridized carbons (Fsp3) is 0.0800. The molecule has 0 spiro atoms. The highest BCUT2D eigenvalue weighted by Gasteiger charge is 2.22. The summed E-state index contributed by atoms with van der Waals surface area (Å²) in [5.41, 5.74) is 2.45. The molecule has 0 saturated carbocycles. The highest BCUT2D eigenvalue weighted by Crippen LogP contribution is 2.27. The summed E-state index contributed by atoms with van der Waals surface area (Å²) in [5, 5.41) is 7.99. The number of carbonyl (C=O) groups is 1. The number of rotatable bonds is 6. The van der Waals surface area contributed by atoms with E-state index in [-0.39, 0.29) is 10.8 Å². The number of thiazole rings is 1. The Morgan fingerprint density at radius 2 is 1.66 bits per heavy atom. The van der Waals surface area contributed by atoms with Gasteiger partial charge in [-0.25, -0.2) is 13.4 Å². The molecule has 0 aliphatic rings. The van der Waals surface area contributed by atoms with Gasteiger partial charge in [-0.15, -0.1) is 0 Å². The number of sulfonamides is 1. The van der Waals surface area contributed by atoms with E-state index in [1.807, 2.05) is 37.3 Å². The van der Waals surface area contributed by atoms with Crippen molar-refractivity contribution < 1.29 is 13.2 Å². The van der Waals surface area contributed by atoms with Gasteiger partial charge in [0, 0.05) is 18.7 Å². The molecule has 0 fully saturated rings. The molecule has 2 aromatic heterocycles. The smallest absolute Gasteiger partial charge is 0.264 e. The molecule has 5 rings (SSSR count). The Balaban J connectivity index is 1.38. The van der Waals surface area contributed by atoms with Gasteiger partial charge in [-0.3, -0.25) is 9.10 Å². The second kappa shape index (κ2) is 8.97. The lowest BCUT2D eigenvalue weighted by molar-refractivity contribution is 0.102. The van der Waals surface area contributed by atoms with E-state index in [4.69, 9.17) is 0 Å². The zero-order chi connectivity index (χ0) is 24.6. The molecule has 8 nitrogen and oxygen atoms in total. The molecule has 1 N–H and O–H groups in total. The third-order valence-electron chi connectivity index (χ3n) is 5.43. The number of para-hydroxylation sites is 2. The molecule has 0 radical (unpaired) electrons. The number of nitrogens with one attached hydrogen (secondary N) is 1. The van der Waals surface area contributed by atoms with Crippen molar-refractivity contribution in [1.29, 1.82) is 0 Å². The third-order valence-corrected chi connectivity index (χ3v) is 8.24. The summed E-state index contributed by atoms with van der Waals surface area (Å²) in [7, 11) is -2.27. The zero-order valence-corrected chi connectivity index (χ0v) is 20.5. The fourth-order valence-electron chi connectivity index (χ4n) is 3.59. The number of nitrogens with zero attached hydrogens (tertiary/aromatic N) is 4. The van der Waals surface area contributed by atoms with Gasteiger partial charge >= 0.3 is 0 Å². The van der Waals surface area contributed by atoms with E-state index in [0.717, 1.165) is 15.9 Å². The van der Waals surface area contributed by atoms with Crippen molar-refractivity contribution in [2.24, 2.45) is 0 Å². The van der Waals surface area contributed by atoms with Crippen molar-refractivity contribution in [3.8, 4) is 5.13 Å². The molecule has 176 valence electrons. The van der Waals surface area contributed by atoms with Crippen LogP contribution in [0.3, 0.4) is 0 Å². The molecule has 0 unspecified atom stereocenters. The largest absolute Gasteiger partial charge is 0.306 e. The number of fused-ring (bicyclic) bond motifs is 1. The van der Waals surface area contributed by atoms with Gasteiger partial charge in [0.15, 0.2) is 0 Å². The van der Waals surface area contributed by atoms with E-state index in [0.29, 0.717) is 22.2 Å². The van der Waals surface area contributed by atoms with Crippen LogP contribution in [0.5, 0.6) is 0 Å². The molecule has 2 heterocycles. The number of amides is 1. The second-order valence-corrected chi connectivity index (χ2v) is 10.8. The van der Waals surface area contributed by atoms with Crippen LogP contribution >= 0.6 is 11.3 Å². The first-order chi connectivity index (χ1) is 16.8. The molecular formula is C25H21N5O3S2. The van der Waals surface area contributed by atoms with Crippen molar-refractivity contribution in [1.82, 2.24) is 14.8 Å². The van der Waals surface area contributed by atoms with Crippen LogP contribution in [-0.4, -0.2) is 36.1 Å². The SMILES string of the molecule is Cc1cc(NC(=O)c2ccc(S(=O)(=O)N(C)c3ccccc3)cc2)n(-c2nc3ccccc3s2)n1. The quantitative estimate of drug-likeness (QED) is 0.357. The minimum atomic E-state index is -3.77. The predicted octanol–water partition coefficient (Wildman–Crippen LogP) is 4.87. The second-order valence-electron chi connectivity index (χ2n) is 7.83. The number of carbonyl (C=O) groups excluding carboxylic acids is 1. The predicted molar refractivity (Wildman–Crippen MR) is 138 cm³/mol. The summed E-state index contributed by atoms with van der Waals surface area (Å²) < 4.78 is 29.8. The Morgan fingerprint density at radius 1 is 0.971 bits per heavy atom. The molecule has 1 amide bonds.